The number of aromatic amines is 1. The Balaban J connectivity index is 1.27. The average Bonchev–Trinajstić information content (AvgIpc) is 3.26. The number of benzene rings is 1. The maximum absolute atomic E-state index is 12.4. The molecule has 0 bridgehead atoms. The number of fused-ring (bicyclic) bond motifs is 2. The number of amides is 1. The van der Waals surface area contributed by atoms with E-state index in [2.05, 4.69) is 33.0 Å². The Labute approximate surface area is 144 Å². The van der Waals surface area contributed by atoms with E-state index in [-0.39, 0.29) is 5.91 Å². The van der Waals surface area contributed by atoms with Crippen LogP contribution in [0.2, 0.25) is 0 Å². The molecule has 3 aromatic rings. The van der Waals surface area contributed by atoms with E-state index in [1.165, 1.54) is 16.0 Å². The summed E-state index contributed by atoms with van der Waals surface area (Å²) >= 11 is 1.80. The summed E-state index contributed by atoms with van der Waals surface area (Å²) in [6.07, 6.45) is 3.36. The van der Waals surface area contributed by atoms with Gasteiger partial charge in [0.25, 0.3) is 0 Å². The molecule has 3 heterocycles. The highest BCUT2D eigenvalue weighted by molar-refractivity contribution is 7.10. The molecule has 4 rings (SSSR count). The molecule has 1 aliphatic heterocycles. The molecule has 0 saturated carbocycles. The van der Waals surface area contributed by atoms with E-state index in [0.717, 1.165) is 37.0 Å². The number of rotatable bonds is 5. The van der Waals surface area contributed by atoms with Gasteiger partial charge in [0.2, 0.25) is 5.91 Å². The first-order valence-electron chi connectivity index (χ1n) is 8.26. The molecule has 1 amide bonds. The van der Waals surface area contributed by atoms with Crippen LogP contribution in [0.15, 0.2) is 35.8 Å². The minimum absolute atomic E-state index is 0.235. The molecule has 5 nitrogen and oxygen atoms in total. The first-order valence-corrected chi connectivity index (χ1v) is 9.14. The molecule has 6 heteroatoms. The molecule has 0 spiro atoms. The third-order valence-corrected chi connectivity index (χ3v) is 5.58. The van der Waals surface area contributed by atoms with Gasteiger partial charge in [-0.25, -0.2) is 0 Å². The molecule has 24 heavy (non-hydrogen) atoms. The first kappa shape index (κ1) is 15.4. The largest absolute Gasteiger partial charge is 0.338 e. The fraction of sp³-hybridized carbons (Fsp3) is 0.333. The summed E-state index contributed by atoms with van der Waals surface area (Å²) in [4.78, 5) is 15.8. The number of thiophene rings is 1. The van der Waals surface area contributed by atoms with Gasteiger partial charge >= 0.3 is 0 Å². The van der Waals surface area contributed by atoms with E-state index in [9.17, 15) is 4.79 Å². The van der Waals surface area contributed by atoms with Crippen molar-refractivity contribution >= 4 is 28.1 Å². The third kappa shape index (κ3) is 3.07. The molecule has 0 radical (unpaired) electrons. The molecule has 1 aromatic carbocycles. The molecule has 2 aromatic heterocycles. The van der Waals surface area contributed by atoms with Gasteiger partial charge in [0.1, 0.15) is 0 Å². The monoisotopic (exact) mass is 340 g/mol. The van der Waals surface area contributed by atoms with Gasteiger partial charge in [0, 0.05) is 42.9 Å². The van der Waals surface area contributed by atoms with Gasteiger partial charge in [0.05, 0.1) is 11.7 Å². The van der Waals surface area contributed by atoms with Gasteiger partial charge in [-0.2, -0.15) is 5.10 Å². The van der Waals surface area contributed by atoms with Gasteiger partial charge in [-0.3, -0.25) is 9.89 Å². The Kier molecular flexibility index (Phi) is 4.32. The highest BCUT2D eigenvalue weighted by Gasteiger charge is 2.20. The van der Waals surface area contributed by atoms with Crippen LogP contribution in [0, 0.1) is 0 Å². The minimum atomic E-state index is 0.235. The predicted octanol–water partition coefficient (Wildman–Crippen LogP) is 2.69. The fourth-order valence-electron chi connectivity index (χ4n) is 3.22. The molecule has 124 valence electrons. The maximum Gasteiger partial charge on any atom is 0.224 e. The minimum Gasteiger partial charge on any atom is -0.338 e. The Hall–Kier alpha value is -2.18. The Morgan fingerprint density at radius 2 is 2.33 bits per heavy atom. The zero-order valence-electron chi connectivity index (χ0n) is 13.4. The topological polar surface area (TPSA) is 61.0 Å². The van der Waals surface area contributed by atoms with Crippen LogP contribution in [0.3, 0.4) is 0 Å². The van der Waals surface area contributed by atoms with Crippen molar-refractivity contribution in [3.05, 3.63) is 51.8 Å². The number of nitrogens with zero attached hydrogens (tertiary/aromatic N) is 2. The van der Waals surface area contributed by atoms with E-state index < -0.39 is 0 Å². The lowest BCUT2D eigenvalue weighted by molar-refractivity contribution is -0.132. The summed E-state index contributed by atoms with van der Waals surface area (Å²) in [6.45, 7) is 3.04. The molecule has 2 N–H and O–H groups in total. The van der Waals surface area contributed by atoms with Crippen LogP contribution in [0.4, 0.5) is 0 Å². The van der Waals surface area contributed by atoms with Crippen LogP contribution < -0.4 is 5.32 Å². The molecule has 0 unspecified atom stereocenters. The van der Waals surface area contributed by atoms with Gasteiger partial charge in [-0.05, 0) is 29.0 Å². The van der Waals surface area contributed by atoms with Crippen LogP contribution in [-0.2, 0) is 24.3 Å². The van der Waals surface area contributed by atoms with Crippen molar-refractivity contribution < 1.29 is 4.79 Å². The first-order chi connectivity index (χ1) is 11.8. The standard InChI is InChI=1S/C18H20N4OS/c23-17(22-8-5-16-15(12-22)6-9-24-16)4-7-19-10-13-2-1-3-14-11-20-21-18(13)14/h1-3,6,9,11,19H,4-5,7-8,10,12H2,(H,20,21). The summed E-state index contributed by atoms with van der Waals surface area (Å²) in [5, 5.41) is 13.7. The smallest absolute Gasteiger partial charge is 0.224 e. The van der Waals surface area contributed by atoms with E-state index in [0.29, 0.717) is 13.0 Å². The Morgan fingerprint density at radius 1 is 1.38 bits per heavy atom. The number of carbonyl (C=O) groups is 1. The summed E-state index contributed by atoms with van der Waals surface area (Å²) in [6, 6.07) is 8.30. The molecule has 0 atom stereocenters. The van der Waals surface area contributed by atoms with Gasteiger partial charge in [-0.15, -0.1) is 11.3 Å². The number of carbonyl (C=O) groups excluding carboxylic acids is 1. The number of hydrogen-bond acceptors (Lipinski definition) is 4. The van der Waals surface area contributed by atoms with Crippen LogP contribution in [0.1, 0.15) is 22.4 Å². The van der Waals surface area contributed by atoms with Crippen LogP contribution in [-0.4, -0.2) is 34.1 Å². The van der Waals surface area contributed by atoms with Crippen LogP contribution in [0.25, 0.3) is 10.9 Å². The maximum atomic E-state index is 12.4. The van der Waals surface area contributed by atoms with Gasteiger partial charge in [-0.1, -0.05) is 18.2 Å². The number of hydrogen-bond donors (Lipinski definition) is 2. The third-order valence-electron chi connectivity index (χ3n) is 4.55. The Bertz CT molecular complexity index is 853. The molecule has 0 saturated heterocycles. The fourth-order valence-corrected chi connectivity index (χ4v) is 4.11. The van der Waals surface area contributed by atoms with Crippen LogP contribution >= 0.6 is 11.3 Å². The normalized spacial score (nSPS) is 14.1. The Morgan fingerprint density at radius 3 is 3.29 bits per heavy atom. The molecule has 1 aliphatic rings. The van der Waals surface area contributed by atoms with Crippen molar-refractivity contribution in [3.63, 3.8) is 0 Å². The second-order valence-corrected chi connectivity index (χ2v) is 7.11. The molecule has 0 aliphatic carbocycles. The average molecular weight is 340 g/mol. The second-order valence-electron chi connectivity index (χ2n) is 6.11. The van der Waals surface area contributed by atoms with Crippen molar-refractivity contribution in [2.75, 3.05) is 13.1 Å². The highest BCUT2D eigenvalue weighted by atomic mass is 32.1. The number of aromatic nitrogens is 2. The highest BCUT2D eigenvalue weighted by Crippen LogP contribution is 2.24. The van der Waals surface area contributed by atoms with E-state index >= 15 is 0 Å². The lowest BCUT2D eigenvalue weighted by atomic mass is 10.1. The van der Waals surface area contributed by atoms with Crippen molar-refractivity contribution in [2.45, 2.75) is 25.9 Å². The molecular formula is C18H20N4OS. The summed E-state index contributed by atoms with van der Waals surface area (Å²) in [7, 11) is 0. The van der Waals surface area contributed by atoms with E-state index in [1.807, 2.05) is 23.2 Å². The SMILES string of the molecule is O=C(CCNCc1cccc2cn[nH]c12)N1CCc2sccc2C1. The van der Waals surface area contributed by atoms with Crippen molar-refractivity contribution in [1.82, 2.24) is 20.4 Å². The van der Waals surface area contributed by atoms with Crippen LogP contribution in [0.5, 0.6) is 0 Å². The van der Waals surface area contributed by atoms with Crippen molar-refractivity contribution in [1.29, 1.82) is 0 Å². The summed E-state index contributed by atoms with van der Waals surface area (Å²) in [5.74, 6) is 0.235. The number of H-pyrrole nitrogens is 1. The lowest BCUT2D eigenvalue weighted by Gasteiger charge is -2.27. The number of nitrogens with one attached hydrogen (secondary N) is 2. The van der Waals surface area contributed by atoms with Crippen molar-refractivity contribution in [2.24, 2.45) is 0 Å². The quantitative estimate of drug-likeness (QED) is 0.702. The zero-order chi connectivity index (χ0) is 16.4. The molecule has 0 fully saturated rings. The van der Waals surface area contributed by atoms with Crippen molar-refractivity contribution in [3.8, 4) is 0 Å². The second kappa shape index (κ2) is 6.75. The summed E-state index contributed by atoms with van der Waals surface area (Å²) < 4.78 is 0. The van der Waals surface area contributed by atoms with E-state index in [4.69, 9.17) is 0 Å². The molecular weight excluding hydrogens is 320 g/mol. The summed E-state index contributed by atoms with van der Waals surface area (Å²) in [5.41, 5.74) is 3.56. The number of para-hydroxylation sites is 1. The van der Waals surface area contributed by atoms with Gasteiger partial charge < -0.3 is 10.2 Å². The van der Waals surface area contributed by atoms with Gasteiger partial charge in [0.15, 0.2) is 0 Å². The lowest BCUT2D eigenvalue weighted by Crippen LogP contribution is -2.36. The zero-order valence-corrected chi connectivity index (χ0v) is 14.2. The predicted molar refractivity (Wildman–Crippen MR) is 95.9 cm³/mol. The van der Waals surface area contributed by atoms with E-state index in [1.54, 1.807) is 11.3 Å².